The van der Waals surface area contributed by atoms with Gasteiger partial charge in [0.05, 0.1) is 11.9 Å². The fraction of sp³-hybridized carbons (Fsp3) is 0.0625. The SMILES string of the molecule is NCc1ccc(-n2cc(-c3ccc(F)cc3)cn2)cc1. The van der Waals surface area contributed by atoms with Crippen LogP contribution < -0.4 is 5.73 Å². The van der Waals surface area contributed by atoms with Crippen LogP contribution in [0.4, 0.5) is 4.39 Å². The molecule has 1 aromatic heterocycles. The van der Waals surface area contributed by atoms with Gasteiger partial charge in [-0.1, -0.05) is 24.3 Å². The second-order valence-corrected chi connectivity index (χ2v) is 4.55. The van der Waals surface area contributed by atoms with Crippen molar-refractivity contribution in [2.45, 2.75) is 6.54 Å². The maximum atomic E-state index is 12.9. The summed E-state index contributed by atoms with van der Waals surface area (Å²) in [7, 11) is 0. The van der Waals surface area contributed by atoms with Crippen LogP contribution in [0.25, 0.3) is 16.8 Å². The van der Waals surface area contributed by atoms with Crippen molar-refractivity contribution in [1.29, 1.82) is 0 Å². The zero-order valence-corrected chi connectivity index (χ0v) is 10.8. The van der Waals surface area contributed by atoms with Crippen LogP contribution in [0.5, 0.6) is 0 Å². The van der Waals surface area contributed by atoms with Crippen LogP contribution in [-0.2, 0) is 6.54 Å². The predicted octanol–water partition coefficient (Wildman–Crippen LogP) is 3.14. The molecule has 1 heterocycles. The van der Waals surface area contributed by atoms with Crippen LogP contribution in [0, 0.1) is 5.82 Å². The molecule has 4 heteroatoms. The fourth-order valence-electron chi connectivity index (χ4n) is 2.04. The van der Waals surface area contributed by atoms with Gasteiger partial charge in [-0.3, -0.25) is 0 Å². The Hall–Kier alpha value is -2.46. The molecule has 0 unspecified atom stereocenters. The summed E-state index contributed by atoms with van der Waals surface area (Å²) in [5, 5.41) is 4.33. The Labute approximate surface area is 116 Å². The molecule has 0 aliphatic rings. The number of aromatic nitrogens is 2. The van der Waals surface area contributed by atoms with Gasteiger partial charge < -0.3 is 5.73 Å². The molecule has 0 aliphatic heterocycles. The van der Waals surface area contributed by atoms with E-state index in [9.17, 15) is 4.39 Å². The summed E-state index contributed by atoms with van der Waals surface area (Å²) in [6.07, 6.45) is 3.69. The fourth-order valence-corrected chi connectivity index (χ4v) is 2.04. The molecule has 0 saturated carbocycles. The molecule has 0 aliphatic carbocycles. The van der Waals surface area contributed by atoms with Crippen LogP contribution in [0.15, 0.2) is 60.9 Å². The first-order valence-corrected chi connectivity index (χ1v) is 6.36. The second kappa shape index (κ2) is 5.27. The maximum Gasteiger partial charge on any atom is 0.123 e. The molecule has 2 N–H and O–H groups in total. The predicted molar refractivity (Wildman–Crippen MR) is 76.8 cm³/mol. The van der Waals surface area contributed by atoms with E-state index in [-0.39, 0.29) is 5.82 Å². The van der Waals surface area contributed by atoms with Gasteiger partial charge in [-0.2, -0.15) is 5.10 Å². The third-order valence-corrected chi connectivity index (χ3v) is 3.20. The lowest BCUT2D eigenvalue weighted by molar-refractivity contribution is 0.628. The number of nitrogens with zero attached hydrogens (tertiary/aromatic N) is 2. The second-order valence-electron chi connectivity index (χ2n) is 4.55. The van der Waals surface area contributed by atoms with Crippen molar-refractivity contribution in [3.63, 3.8) is 0 Å². The summed E-state index contributed by atoms with van der Waals surface area (Å²) in [5.41, 5.74) is 9.52. The minimum Gasteiger partial charge on any atom is -0.326 e. The maximum absolute atomic E-state index is 12.9. The Morgan fingerprint density at radius 1 is 0.950 bits per heavy atom. The highest BCUT2D eigenvalue weighted by molar-refractivity contribution is 5.62. The standard InChI is InChI=1S/C16H14FN3/c17-15-5-3-13(4-6-15)14-10-19-20(11-14)16-7-1-12(9-18)2-8-16/h1-8,10-11H,9,18H2. The smallest absolute Gasteiger partial charge is 0.123 e. The van der Waals surface area contributed by atoms with E-state index in [0.29, 0.717) is 6.54 Å². The Kier molecular flexibility index (Phi) is 3.31. The molecule has 0 bridgehead atoms. The van der Waals surface area contributed by atoms with Gasteiger partial charge in [-0.25, -0.2) is 9.07 Å². The molecule has 100 valence electrons. The molecule has 0 amide bonds. The summed E-state index contributed by atoms with van der Waals surface area (Å²) in [6.45, 7) is 0.528. The Bertz CT molecular complexity index is 699. The number of halogens is 1. The van der Waals surface area contributed by atoms with Crippen molar-refractivity contribution >= 4 is 0 Å². The van der Waals surface area contributed by atoms with E-state index >= 15 is 0 Å². The minimum absolute atomic E-state index is 0.237. The molecule has 0 saturated heterocycles. The van der Waals surface area contributed by atoms with Gasteiger partial charge in [-0.05, 0) is 35.4 Å². The van der Waals surface area contributed by atoms with Crippen molar-refractivity contribution < 1.29 is 4.39 Å². The molecule has 3 nitrogen and oxygen atoms in total. The monoisotopic (exact) mass is 267 g/mol. The van der Waals surface area contributed by atoms with Gasteiger partial charge in [0.15, 0.2) is 0 Å². The van der Waals surface area contributed by atoms with Crippen molar-refractivity contribution in [3.05, 3.63) is 72.3 Å². The molecule has 0 spiro atoms. The molecule has 0 radical (unpaired) electrons. The summed E-state index contributed by atoms with van der Waals surface area (Å²) in [6, 6.07) is 14.3. The average Bonchev–Trinajstić information content (AvgIpc) is 2.98. The lowest BCUT2D eigenvalue weighted by Crippen LogP contribution is -1.98. The van der Waals surface area contributed by atoms with E-state index in [1.165, 1.54) is 12.1 Å². The van der Waals surface area contributed by atoms with Gasteiger partial charge >= 0.3 is 0 Å². The van der Waals surface area contributed by atoms with E-state index in [1.807, 2.05) is 30.5 Å². The number of hydrogen-bond acceptors (Lipinski definition) is 2. The first-order chi connectivity index (χ1) is 9.76. The normalized spacial score (nSPS) is 10.7. The molecular weight excluding hydrogens is 253 g/mol. The molecule has 0 atom stereocenters. The highest BCUT2D eigenvalue weighted by Crippen LogP contribution is 2.20. The highest BCUT2D eigenvalue weighted by Gasteiger charge is 2.03. The summed E-state index contributed by atoms with van der Waals surface area (Å²) in [5.74, 6) is -0.237. The van der Waals surface area contributed by atoms with Crippen LogP contribution in [0.3, 0.4) is 0 Å². The minimum atomic E-state index is -0.237. The number of nitrogens with two attached hydrogens (primary N) is 1. The van der Waals surface area contributed by atoms with Crippen molar-refractivity contribution in [2.24, 2.45) is 5.73 Å². The van der Waals surface area contributed by atoms with E-state index in [2.05, 4.69) is 5.10 Å². The summed E-state index contributed by atoms with van der Waals surface area (Å²) < 4.78 is 14.7. The quantitative estimate of drug-likeness (QED) is 0.792. The third-order valence-electron chi connectivity index (χ3n) is 3.20. The summed E-state index contributed by atoms with van der Waals surface area (Å²) in [4.78, 5) is 0. The lowest BCUT2D eigenvalue weighted by atomic mass is 10.1. The Balaban J connectivity index is 1.91. The lowest BCUT2D eigenvalue weighted by Gasteiger charge is -2.02. The van der Waals surface area contributed by atoms with Crippen LogP contribution in [0.1, 0.15) is 5.56 Å². The van der Waals surface area contributed by atoms with E-state index < -0.39 is 0 Å². The van der Waals surface area contributed by atoms with Crippen molar-refractivity contribution in [3.8, 4) is 16.8 Å². The van der Waals surface area contributed by atoms with Gasteiger partial charge in [0, 0.05) is 18.3 Å². The van der Waals surface area contributed by atoms with E-state index in [4.69, 9.17) is 5.73 Å². The molecule has 3 aromatic rings. The van der Waals surface area contributed by atoms with Crippen LogP contribution >= 0.6 is 0 Å². The van der Waals surface area contributed by atoms with Gasteiger partial charge in [0.25, 0.3) is 0 Å². The Morgan fingerprint density at radius 3 is 2.30 bits per heavy atom. The first-order valence-electron chi connectivity index (χ1n) is 6.36. The van der Waals surface area contributed by atoms with Crippen LogP contribution in [0.2, 0.25) is 0 Å². The van der Waals surface area contributed by atoms with E-state index in [0.717, 1.165) is 22.4 Å². The van der Waals surface area contributed by atoms with Crippen LogP contribution in [-0.4, -0.2) is 9.78 Å². The number of benzene rings is 2. The topological polar surface area (TPSA) is 43.8 Å². The van der Waals surface area contributed by atoms with Crippen molar-refractivity contribution in [1.82, 2.24) is 9.78 Å². The average molecular weight is 267 g/mol. The van der Waals surface area contributed by atoms with Crippen molar-refractivity contribution in [2.75, 3.05) is 0 Å². The Morgan fingerprint density at radius 2 is 1.65 bits per heavy atom. The highest BCUT2D eigenvalue weighted by atomic mass is 19.1. The molecule has 0 fully saturated rings. The van der Waals surface area contributed by atoms with E-state index in [1.54, 1.807) is 23.0 Å². The zero-order chi connectivity index (χ0) is 13.9. The zero-order valence-electron chi connectivity index (χ0n) is 10.8. The molecule has 2 aromatic carbocycles. The molecule has 20 heavy (non-hydrogen) atoms. The van der Waals surface area contributed by atoms with Gasteiger partial charge in [0.2, 0.25) is 0 Å². The summed E-state index contributed by atoms with van der Waals surface area (Å²) >= 11 is 0. The third kappa shape index (κ3) is 2.46. The number of hydrogen-bond donors (Lipinski definition) is 1. The van der Waals surface area contributed by atoms with Gasteiger partial charge in [-0.15, -0.1) is 0 Å². The molecular formula is C16H14FN3. The molecule has 3 rings (SSSR count). The largest absolute Gasteiger partial charge is 0.326 e. The number of rotatable bonds is 3. The van der Waals surface area contributed by atoms with Gasteiger partial charge in [0.1, 0.15) is 5.82 Å². The first kappa shape index (κ1) is 12.6.